The number of ether oxygens (including phenoxy) is 1. The third-order valence-electron chi connectivity index (χ3n) is 3.85. The van der Waals surface area contributed by atoms with Gasteiger partial charge in [0, 0.05) is 12.3 Å². The van der Waals surface area contributed by atoms with E-state index >= 15 is 0 Å². The molecule has 0 aliphatic carbocycles. The molecule has 11 heteroatoms. The molecule has 0 spiro atoms. The molecule has 1 aromatic rings. The summed E-state index contributed by atoms with van der Waals surface area (Å²) in [5.74, 6) is 0. The average molecular weight is 406 g/mol. The normalized spacial score (nSPS) is 28.4. The van der Waals surface area contributed by atoms with Crippen molar-refractivity contribution in [1.29, 1.82) is 0 Å². The van der Waals surface area contributed by atoms with Crippen molar-refractivity contribution in [1.82, 2.24) is 9.55 Å². The van der Waals surface area contributed by atoms with Crippen molar-refractivity contribution in [3.63, 3.8) is 0 Å². The Bertz CT molecular complexity index is 812. The molecule has 0 amide bonds. The quantitative estimate of drug-likeness (QED) is 0.598. The van der Waals surface area contributed by atoms with Gasteiger partial charge in [0.25, 0.3) is 5.56 Å². The zero-order valence-corrected chi connectivity index (χ0v) is 16.9. The molecule has 1 aliphatic rings. The molecule has 1 aromatic heterocycles. The average Bonchev–Trinajstić information content (AvgIpc) is 2.72. The van der Waals surface area contributed by atoms with E-state index in [9.17, 15) is 24.2 Å². The number of H-pyrrole nitrogens is 1. The van der Waals surface area contributed by atoms with Crippen molar-refractivity contribution in [3.8, 4) is 0 Å². The second kappa shape index (κ2) is 7.98. The first-order chi connectivity index (χ1) is 12.3. The lowest BCUT2D eigenvalue weighted by Crippen LogP contribution is -2.38. The van der Waals surface area contributed by atoms with Crippen LogP contribution in [0.2, 0.25) is 0 Å². The Labute approximate surface area is 156 Å². The molecule has 3 unspecified atom stereocenters. The number of aromatic amines is 1. The number of hydrogen-bond donors (Lipinski definition) is 3. The van der Waals surface area contributed by atoms with Crippen LogP contribution < -0.4 is 11.2 Å². The van der Waals surface area contributed by atoms with E-state index in [4.69, 9.17) is 13.8 Å². The lowest BCUT2D eigenvalue weighted by molar-refractivity contribution is -0.0501. The molecule has 0 aromatic carbocycles. The van der Waals surface area contributed by atoms with Gasteiger partial charge in [-0.1, -0.05) is 20.8 Å². The minimum Gasteiger partial charge on any atom is -0.386 e. The lowest BCUT2D eigenvalue weighted by Gasteiger charge is -2.28. The van der Waals surface area contributed by atoms with E-state index in [2.05, 4.69) is 4.98 Å². The summed E-state index contributed by atoms with van der Waals surface area (Å²) in [6.45, 7) is 8.94. The van der Waals surface area contributed by atoms with Gasteiger partial charge in [-0.15, -0.1) is 0 Å². The van der Waals surface area contributed by atoms with E-state index < -0.39 is 49.7 Å². The fourth-order valence-corrected chi connectivity index (χ4v) is 4.07. The van der Waals surface area contributed by atoms with Gasteiger partial charge in [0.05, 0.1) is 12.2 Å². The van der Waals surface area contributed by atoms with Gasteiger partial charge in [-0.3, -0.25) is 23.4 Å². The molecule has 1 aliphatic heterocycles. The zero-order chi connectivity index (χ0) is 20.6. The molecule has 27 heavy (non-hydrogen) atoms. The molecule has 3 N–H and O–H groups in total. The van der Waals surface area contributed by atoms with E-state index in [0.29, 0.717) is 6.42 Å². The summed E-state index contributed by atoms with van der Waals surface area (Å²) in [6, 6.07) is 1.11. The van der Waals surface area contributed by atoms with Gasteiger partial charge in [0.15, 0.2) is 6.23 Å². The summed E-state index contributed by atoms with van der Waals surface area (Å²) in [4.78, 5) is 35.3. The molecule has 0 bridgehead atoms. The number of phosphoric acid groups is 1. The van der Waals surface area contributed by atoms with E-state index in [1.807, 2.05) is 20.8 Å². The Kier molecular flexibility index (Phi) is 6.51. The zero-order valence-electron chi connectivity index (χ0n) is 16.0. The highest BCUT2D eigenvalue weighted by Gasteiger charge is 2.50. The smallest absolute Gasteiger partial charge is 0.386 e. The van der Waals surface area contributed by atoms with Gasteiger partial charge in [0.1, 0.15) is 12.2 Å². The highest BCUT2D eigenvalue weighted by molar-refractivity contribution is 7.47. The van der Waals surface area contributed by atoms with Gasteiger partial charge in [-0.05, 0) is 25.7 Å². The maximum absolute atomic E-state index is 12.2. The maximum atomic E-state index is 12.2. The predicted octanol–water partition coefficient (Wildman–Crippen LogP) is 1.14. The van der Waals surface area contributed by atoms with E-state index in [-0.39, 0.29) is 5.41 Å². The van der Waals surface area contributed by atoms with Crippen molar-refractivity contribution in [2.45, 2.75) is 71.7 Å². The second-order valence-corrected chi connectivity index (χ2v) is 9.39. The summed E-state index contributed by atoms with van der Waals surface area (Å²) in [7, 11) is -4.46. The van der Waals surface area contributed by atoms with Crippen LogP contribution in [0.3, 0.4) is 0 Å². The SMILES string of the molecule is CC(C)OP(=O)(O)OC1C(O)[C@H](n2ccc(=O)[nH]c2=O)O[C@@H]1CC(C)(C)C. The number of nitrogens with one attached hydrogen (secondary N) is 1. The van der Waals surface area contributed by atoms with Crippen LogP contribution in [0.4, 0.5) is 0 Å². The Morgan fingerprint density at radius 3 is 2.52 bits per heavy atom. The summed E-state index contributed by atoms with van der Waals surface area (Å²) in [5, 5.41) is 10.7. The number of aliphatic hydroxyl groups excluding tert-OH is 1. The Morgan fingerprint density at radius 1 is 1.37 bits per heavy atom. The molecule has 1 fully saturated rings. The van der Waals surface area contributed by atoms with Crippen molar-refractivity contribution in [2.75, 3.05) is 0 Å². The lowest BCUT2D eigenvalue weighted by atomic mass is 9.87. The van der Waals surface area contributed by atoms with Crippen molar-refractivity contribution >= 4 is 7.82 Å². The summed E-state index contributed by atoms with van der Waals surface area (Å²) in [6.07, 6.45) is -3.61. The van der Waals surface area contributed by atoms with Crippen LogP contribution >= 0.6 is 7.82 Å². The van der Waals surface area contributed by atoms with E-state index in [0.717, 1.165) is 10.6 Å². The molecular formula is C16H27N2O8P. The van der Waals surface area contributed by atoms with Crippen LogP contribution in [0.5, 0.6) is 0 Å². The van der Waals surface area contributed by atoms with Crippen LogP contribution in [-0.2, 0) is 18.3 Å². The Hall–Kier alpha value is -1.29. The van der Waals surface area contributed by atoms with Crippen LogP contribution in [0.25, 0.3) is 0 Å². The Balaban J connectivity index is 2.35. The van der Waals surface area contributed by atoms with Gasteiger partial charge < -0.3 is 14.7 Å². The monoisotopic (exact) mass is 406 g/mol. The number of rotatable bonds is 6. The molecular weight excluding hydrogens is 379 g/mol. The van der Waals surface area contributed by atoms with Crippen LogP contribution in [0, 0.1) is 5.41 Å². The van der Waals surface area contributed by atoms with Crippen LogP contribution in [0.1, 0.15) is 47.3 Å². The van der Waals surface area contributed by atoms with Gasteiger partial charge in [0.2, 0.25) is 0 Å². The minimum atomic E-state index is -4.46. The second-order valence-electron chi connectivity index (χ2n) is 8.03. The van der Waals surface area contributed by atoms with Crippen LogP contribution in [-0.4, -0.2) is 44.0 Å². The van der Waals surface area contributed by atoms with Gasteiger partial charge in [-0.2, -0.15) is 0 Å². The third kappa shape index (κ3) is 5.84. The minimum absolute atomic E-state index is 0.255. The summed E-state index contributed by atoms with van der Waals surface area (Å²) < 4.78 is 29.2. The molecule has 0 radical (unpaired) electrons. The molecule has 10 nitrogen and oxygen atoms in total. The number of aromatic nitrogens is 2. The molecule has 1 saturated heterocycles. The highest BCUT2D eigenvalue weighted by atomic mass is 31.2. The third-order valence-corrected chi connectivity index (χ3v) is 5.05. The van der Waals surface area contributed by atoms with Gasteiger partial charge in [-0.25, -0.2) is 9.36 Å². The first-order valence-corrected chi connectivity index (χ1v) is 10.1. The Morgan fingerprint density at radius 2 is 2.00 bits per heavy atom. The number of phosphoric ester groups is 1. The van der Waals surface area contributed by atoms with Crippen molar-refractivity contribution in [3.05, 3.63) is 33.1 Å². The standard InChI is InChI=1S/C16H27N2O8P/c1-9(2)25-27(22,23)26-13-10(8-16(3,4)5)24-14(12(13)20)18-7-6-11(19)17-15(18)21/h6-7,9-10,12-14,20H,8H2,1-5H3,(H,22,23)(H,17,19,21)/t10-,12?,13?,14-/m1/s1. The largest absolute Gasteiger partial charge is 0.472 e. The first-order valence-electron chi connectivity index (χ1n) is 8.64. The van der Waals surface area contributed by atoms with Crippen LogP contribution in [0.15, 0.2) is 21.9 Å². The van der Waals surface area contributed by atoms with Crippen molar-refractivity contribution in [2.24, 2.45) is 5.41 Å². The summed E-state index contributed by atoms with van der Waals surface area (Å²) >= 11 is 0. The van der Waals surface area contributed by atoms with E-state index in [1.54, 1.807) is 13.8 Å². The van der Waals surface area contributed by atoms with E-state index in [1.165, 1.54) is 6.20 Å². The fraction of sp³-hybridized carbons (Fsp3) is 0.750. The molecule has 2 rings (SSSR count). The first kappa shape index (κ1) is 22.0. The predicted molar refractivity (Wildman–Crippen MR) is 96.2 cm³/mol. The topological polar surface area (TPSA) is 140 Å². The number of nitrogens with zero attached hydrogens (tertiary/aromatic N) is 1. The highest BCUT2D eigenvalue weighted by Crippen LogP contribution is 2.50. The number of aliphatic hydroxyl groups is 1. The van der Waals surface area contributed by atoms with Gasteiger partial charge >= 0.3 is 13.5 Å². The maximum Gasteiger partial charge on any atom is 0.472 e. The number of hydrogen-bond acceptors (Lipinski definition) is 7. The fourth-order valence-electron chi connectivity index (χ4n) is 2.92. The molecule has 0 saturated carbocycles. The molecule has 154 valence electrons. The van der Waals surface area contributed by atoms with Crippen molar-refractivity contribution < 1.29 is 28.3 Å². The summed E-state index contributed by atoms with van der Waals surface area (Å²) in [5.41, 5.74) is -1.62. The molecule has 5 atom stereocenters. The molecule has 2 heterocycles.